The van der Waals surface area contributed by atoms with E-state index in [9.17, 15) is 22.8 Å². The van der Waals surface area contributed by atoms with Crippen molar-refractivity contribution >= 4 is 38.4 Å². The Labute approximate surface area is 175 Å². The molecule has 4 rings (SSSR count). The van der Waals surface area contributed by atoms with Gasteiger partial charge in [-0.3, -0.25) is 14.2 Å². The third kappa shape index (κ3) is 3.28. The van der Waals surface area contributed by atoms with Crippen molar-refractivity contribution in [3.8, 4) is 0 Å². The van der Waals surface area contributed by atoms with Gasteiger partial charge in [0.2, 0.25) is 5.91 Å². The van der Waals surface area contributed by atoms with E-state index in [2.05, 4.69) is 4.98 Å². The van der Waals surface area contributed by atoms with E-state index in [4.69, 9.17) is 0 Å². The first kappa shape index (κ1) is 20.5. The number of carbonyl (C=O) groups excluding carboxylic acids is 1. The van der Waals surface area contributed by atoms with E-state index in [1.165, 1.54) is 31.7 Å². The number of carbonyl (C=O) groups is 1. The molecular weight excluding hydrogens is 432 g/mol. The number of sulfonamides is 1. The minimum Gasteiger partial charge on any atom is -0.338 e. The molecule has 0 atom stereocenters. The van der Waals surface area contributed by atoms with Gasteiger partial charge < -0.3 is 9.47 Å². The van der Waals surface area contributed by atoms with Gasteiger partial charge in [-0.1, -0.05) is 6.07 Å². The maximum absolute atomic E-state index is 12.8. The molecule has 13 heteroatoms. The smallest absolute Gasteiger partial charge is 0.332 e. The van der Waals surface area contributed by atoms with E-state index in [1.807, 2.05) is 0 Å². The van der Waals surface area contributed by atoms with Crippen LogP contribution in [0.15, 0.2) is 37.6 Å². The van der Waals surface area contributed by atoms with Gasteiger partial charge >= 0.3 is 5.69 Å². The molecule has 1 fully saturated rings. The van der Waals surface area contributed by atoms with Crippen LogP contribution in [0.2, 0.25) is 0 Å². The number of thiophene rings is 1. The number of nitrogens with zero attached hydrogens (tertiary/aromatic N) is 6. The lowest BCUT2D eigenvalue weighted by atomic mass is 10.3. The van der Waals surface area contributed by atoms with Crippen molar-refractivity contribution in [2.45, 2.75) is 10.8 Å². The summed E-state index contributed by atoms with van der Waals surface area (Å²) in [6.07, 6.45) is 1.44. The number of rotatable bonds is 4. The molecule has 4 heterocycles. The summed E-state index contributed by atoms with van der Waals surface area (Å²) in [5.41, 5.74) is -0.723. The van der Waals surface area contributed by atoms with Crippen molar-refractivity contribution in [1.29, 1.82) is 0 Å². The Morgan fingerprint density at radius 2 is 1.87 bits per heavy atom. The van der Waals surface area contributed by atoms with E-state index >= 15 is 0 Å². The molecule has 1 aliphatic heterocycles. The summed E-state index contributed by atoms with van der Waals surface area (Å²) in [5.74, 6) is -0.413. The number of imidazole rings is 1. The monoisotopic (exact) mass is 452 g/mol. The third-order valence-electron chi connectivity index (χ3n) is 5.17. The summed E-state index contributed by atoms with van der Waals surface area (Å²) < 4.78 is 30.5. The van der Waals surface area contributed by atoms with Gasteiger partial charge in [-0.05, 0) is 11.4 Å². The van der Waals surface area contributed by atoms with Gasteiger partial charge in [0.1, 0.15) is 10.8 Å². The normalized spacial score (nSPS) is 15.7. The number of hydrogen-bond acceptors (Lipinski definition) is 7. The van der Waals surface area contributed by atoms with E-state index in [0.717, 1.165) is 15.9 Å². The first-order valence-electron chi connectivity index (χ1n) is 9.14. The summed E-state index contributed by atoms with van der Waals surface area (Å²) in [4.78, 5) is 43.6. The molecule has 160 valence electrons. The van der Waals surface area contributed by atoms with Crippen molar-refractivity contribution in [2.24, 2.45) is 14.1 Å². The number of fused-ring (bicyclic) bond motifs is 1. The van der Waals surface area contributed by atoms with Crippen LogP contribution in [0.1, 0.15) is 0 Å². The van der Waals surface area contributed by atoms with Crippen molar-refractivity contribution in [3.05, 3.63) is 44.7 Å². The standard InChI is InChI=1S/C17H20N6O5S2/c1-19-11-18-15-14(19)16(25)23(17(26)20(15)2)10-12(24)21-5-7-22(8-6-21)30(27,28)13-4-3-9-29-13/h3-4,9,11H,5-8,10H2,1-2H3. The van der Waals surface area contributed by atoms with Crippen molar-refractivity contribution in [2.75, 3.05) is 26.2 Å². The first-order valence-corrected chi connectivity index (χ1v) is 11.5. The van der Waals surface area contributed by atoms with E-state index in [1.54, 1.807) is 24.6 Å². The molecule has 30 heavy (non-hydrogen) atoms. The number of aromatic nitrogens is 4. The highest BCUT2D eigenvalue weighted by Gasteiger charge is 2.31. The Hall–Kier alpha value is -2.77. The maximum atomic E-state index is 12.8. The largest absolute Gasteiger partial charge is 0.338 e. The predicted octanol–water partition coefficient (Wildman–Crippen LogP) is -0.972. The minimum absolute atomic E-state index is 0.152. The second-order valence-electron chi connectivity index (χ2n) is 6.98. The zero-order valence-corrected chi connectivity index (χ0v) is 18.0. The van der Waals surface area contributed by atoms with Crippen LogP contribution in [0.4, 0.5) is 0 Å². The predicted molar refractivity (Wildman–Crippen MR) is 110 cm³/mol. The molecule has 1 aliphatic rings. The van der Waals surface area contributed by atoms with Crippen LogP contribution in [0, 0.1) is 0 Å². The van der Waals surface area contributed by atoms with Crippen molar-refractivity contribution < 1.29 is 13.2 Å². The SMILES string of the molecule is Cn1cnc2c1c(=O)n(CC(=O)N1CCN(S(=O)(=O)c3cccs3)CC1)c(=O)n2C. The van der Waals surface area contributed by atoms with Gasteiger partial charge in [0.15, 0.2) is 11.2 Å². The van der Waals surface area contributed by atoms with E-state index in [-0.39, 0.29) is 41.6 Å². The molecule has 1 amide bonds. The van der Waals surface area contributed by atoms with Gasteiger partial charge in [-0.15, -0.1) is 11.3 Å². The van der Waals surface area contributed by atoms with Gasteiger partial charge in [0.25, 0.3) is 15.6 Å². The molecule has 0 radical (unpaired) electrons. The van der Waals surface area contributed by atoms with E-state index in [0.29, 0.717) is 0 Å². The lowest BCUT2D eigenvalue weighted by Crippen LogP contribution is -2.52. The molecular formula is C17H20N6O5S2. The van der Waals surface area contributed by atoms with Crippen LogP contribution in [0.3, 0.4) is 0 Å². The molecule has 3 aromatic heterocycles. The summed E-state index contributed by atoms with van der Waals surface area (Å²) >= 11 is 1.15. The third-order valence-corrected chi connectivity index (χ3v) is 8.45. The van der Waals surface area contributed by atoms with Gasteiger partial charge in [0.05, 0.1) is 6.33 Å². The molecule has 0 saturated carbocycles. The molecule has 3 aromatic rings. The second-order valence-corrected chi connectivity index (χ2v) is 10.1. The Morgan fingerprint density at radius 1 is 1.17 bits per heavy atom. The van der Waals surface area contributed by atoms with E-state index < -0.39 is 33.7 Å². The summed E-state index contributed by atoms with van der Waals surface area (Å²) in [6, 6.07) is 3.23. The van der Waals surface area contributed by atoms with Crippen molar-refractivity contribution in [3.63, 3.8) is 0 Å². The lowest BCUT2D eigenvalue weighted by molar-refractivity contribution is -0.133. The Kier molecular flexibility index (Phi) is 5.11. The minimum atomic E-state index is -3.57. The van der Waals surface area contributed by atoms with Crippen LogP contribution in [0.25, 0.3) is 11.2 Å². The van der Waals surface area contributed by atoms with Gasteiger partial charge in [-0.2, -0.15) is 4.31 Å². The molecule has 0 unspecified atom stereocenters. The quantitative estimate of drug-likeness (QED) is 0.502. The maximum Gasteiger partial charge on any atom is 0.332 e. The molecule has 0 aromatic carbocycles. The number of amides is 1. The first-order chi connectivity index (χ1) is 14.2. The number of aryl methyl sites for hydroxylation is 2. The summed E-state index contributed by atoms with van der Waals surface area (Å²) in [6.45, 7) is 0.266. The Morgan fingerprint density at radius 3 is 2.50 bits per heavy atom. The van der Waals surface area contributed by atoms with Crippen LogP contribution >= 0.6 is 11.3 Å². The second kappa shape index (κ2) is 7.49. The summed E-state index contributed by atoms with van der Waals surface area (Å²) in [5, 5.41) is 1.70. The van der Waals surface area contributed by atoms with Gasteiger partial charge in [0, 0.05) is 40.3 Å². The zero-order valence-electron chi connectivity index (χ0n) is 16.4. The fraction of sp³-hybridized carbons (Fsp3) is 0.412. The molecule has 1 saturated heterocycles. The molecule has 0 aliphatic carbocycles. The fourth-order valence-electron chi connectivity index (χ4n) is 3.49. The average Bonchev–Trinajstić information content (AvgIpc) is 3.40. The number of piperazine rings is 1. The van der Waals surface area contributed by atoms with Crippen molar-refractivity contribution in [1.82, 2.24) is 27.9 Å². The highest BCUT2D eigenvalue weighted by Crippen LogP contribution is 2.22. The topological polar surface area (TPSA) is 120 Å². The van der Waals surface area contributed by atoms with Crippen LogP contribution in [-0.2, 0) is 35.5 Å². The highest BCUT2D eigenvalue weighted by molar-refractivity contribution is 7.91. The molecule has 0 N–H and O–H groups in total. The van der Waals surface area contributed by atoms with Gasteiger partial charge in [-0.25, -0.2) is 22.8 Å². The zero-order chi connectivity index (χ0) is 21.6. The Balaban J connectivity index is 1.52. The molecule has 11 nitrogen and oxygen atoms in total. The lowest BCUT2D eigenvalue weighted by Gasteiger charge is -2.33. The van der Waals surface area contributed by atoms with Crippen LogP contribution in [0.5, 0.6) is 0 Å². The fourth-order valence-corrected chi connectivity index (χ4v) is 6.05. The van der Waals surface area contributed by atoms with Crippen LogP contribution in [-0.4, -0.2) is 68.4 Å². The number of hydrogen-bond donors (Lipinski definition) is 0. The molecule has 0 bridgehead atoms. The average molecular weight is 453 g/mol. The molecule has 0 spiro atoms. The summed E-state index contributed by atoms with van der Waals surface area (Å²) in [7, 11) is -0.441. The Bertz CT molecular complexity index is 1330. The highest BCUT2D eigenvalue weighted by atomic mass is 32.2. The van der Waals surface area contributed by atoms with Crippen LogP contribution < -0.4 is 11.2 Å².